The van der Waals surface area contributed by atoms with Gasteiger partial charge in [-0.05, 0) is 61.4 Å². The maximum Gasteiger partial charge on any atom is 0.407 e. The Balaban J connectivity index is 1.68. The molecule has 6 nitrogen and oxygen atoms in total. The minimum Gasteiger partial charge on any atom is -0.496 e. The number of halogens is 4. The molecule has 11 heteroatoms. The average molecular weight is 658 g/mol. The van der Waals surface area contributed by atoms with Gasteiger partial charge in [0, 0.05) is 35.2 Å². The first-order chi connectivity index (χ1) is 18.8. The summed E-state index contributed by atoms with van der Waals surface area (Å²) >= 11 is 10.8. The van der Waals surface area contributed by atoms with Crippen LogP contribution in [0, 0.1) is 17.0 Å². The molecule has 216 valence electrons. The molecule has 4 rings (SSSR count). The molecule has 1 saturated carbocycles. The molecule has 1 heterocycles. The molecular weight excluding hydrogens is 626 g/mol. The summed E-state index contributed by atoms with van der Waals surface area (Å²) in [5, 5.41) is 9.69. The van der Waals surface area contributed by atoms with Crippen LogP contribution in [0.2, 0.25) is 5.02 Å². The van der Waals surface area contributed by atoms with Gasteiger partial charge in [0.05, 0.1) is 22.2 Å². The quantitative estimate of drug-likeness (QED) is 0.276. The van der Waals surface area contributed by atoms with Gasteiger partial charge >= 0.3 is 6.09 Å². The van der Waals surface area contributed by atoms with E-state index in [1.165, 1.54) is 4.90 Å². The number of hydrogen-bond donors (Lipinski definition) is 1. The summed E-state index contributed by atoms with van der Waals surface area (Å²) in [5.74, 6) is -1.17. The first-order valence-corrected chi connectivity index (χ1v) is 15.0. The largest absolute Gasteiger partial charge is 0.496 e. The van der Waals surface area contributed by atoms with E-state index in [9.17, 15) is 23.5 Å². The summed E-state index contributed by atoms with van der Waals surface area (Å²) in [5.41, 5.74) is 0.554. The molecular formula is C29H32BrClF2N2O4S. The topological polar surface area (TPSA) is 70.1 Å². The van der Waals surface area contributed by atoms with Gasteiger partial charge in [-0.15, -0.1) is 11.3 Å². The highest BCUT2D eigenvalue weighted by Crippen LogP contribution is 2.41. The highest BCUT2D eigenvalue weighted by atomic mass is 79.9. The number of carboxylic acid groups (broad SMARTS) is 1. The molecule has 2 aromatic carbocycles. The monoisotopic (exact) mass is 656 g/mol. The van der Waals surface area contributed by atoms with Gasteiger partial charge in [-0.2, -0.15) is 0 Å². The van der Waals surface area contributed by atoms with Gasteiger partial charge in [0.2, 0.25) is 0 Å². The number of methoxy groups -OCH3 is 1. The summed E-state index contributed by atoms with van der Waals surface area (Å²) in [7, 11) is 1.55. The van der Waals surface area contributed by atoms with E-state index in [1.807, 2.05) is 32.9 Å². The van der Waals surface area contributed by atoms with Crippen LogP contribution in [0.15, 0.2) is 34.8 Å². The fourth-order valence-corrected chi connectivity index (χ4v) is 7.25. The Kier molecular flexibility index (Phi) is 9.31. The molecule has 0 saturated heterocycles. The molecule has 1 N–H and O–H groups in total. The molecule has 0 radical (unpaired) electrons. The molecule has 0 bridgehead atoms. The average Bonchev–Trinajstić information content (AvgIpc) is 3.25. The number of amides is 2. The molecule has 1 fully saturated rings. The van der Waals surface area contributed by atoms with E-state index in [1.54, 1.807) is 18.1 Å². The van der Waals surface area contributed by atoms with Crippen LogP contribution in [0.4, 0.5) is 13.6 Å². The number of rotatable bonds is 7. The zero-order valence-corrected chi connectivity index (χ0v) is 25.9. The molecule has 1 aliphatic carbocycles. The fourth-order valence-electron chi connectivity index (χ4n) is 5.33. The van der Waals surface area contributed by atoms with Crippen LogP contribution < -0.4 is 4.74 Å². The zero-order chi connectivity index (χ0) is 29.4. The molecule has 0 atom stereocenters. The minimum atomic E-state index is -0.953. The van der Waals surface area contributed by atoms with E-state index in [0.29, 0.717) is 38.0 Å². The van der Waals surface area contributed by atoms with Crippen molar-refractivity contribution in [1.82, 2.24) is 9.80 Å². The Morgan fingerprint density at radius 1 is 1.07 bits per heavy atom. The SMILES string of the molecule is COc1ccc(Br)cc1CN(C(=O)c1sc2c(F)ccc(F)c2c1Cl)C1CCC(N(CC(C)(C)C)C(=O)O)CC1. The van der Waals surface area contributed by atoms with Gasteiger partial charge in [-0.25, -0.2) is 13.6 Å². The lowest BCUT2D eigenvalue weighted by molar-refractivity contribution is 0.0492. The number of fused-ring (bicyclic) bond motifs is 1. The molecule has 0 spiro atoms. The van der Waals surface area contributed by atoms with E-state index in [-0.39, 0.29) is 44.0 Å². The second-order valence-electron chi connectivity index (χ2n) is 11.3. The second kappa shape index (κ2) is 12.2. The van der Waals surface area contributed by atoms with Crippen molar-refractivity contribution < 1.29 is 28.2 Å². The maximum atomic E-state index is 14.6. The van der Waals surface area contributed by atoms with Crippen LogP contribution in [0.1, 0.15) is 61.7 Å². The number of thiophene rings is 1. The summed E-state index contributed by atoms with van der Waals surface area (Å²) in [6, 6.07) is 7.12. The Hall–Kier alpha value is -2.43. The third-order valence-electron chi connectivity index (χ3n) is 7.16. The Morgan fingerprint density at radius 2 is 1.68 bits per heavy atom. The number of carbonyl (C=O) groups is 2. The Labute approximate surface area is 250 Å². The number of benzene rings is 2. The Bertz CT molecular complexity index is 1420. The third kappa shape index (κ3) is 6.55. The lowest BCUT2D eigenvalue weighted by Gasteiger charge is -2.41. The maximum absolute atomic E-state index is 14.6. The van der Waals surface area contributed by atoms with Crippen molar-refractivity contribution in [3.8, 4) is 5.75 Å². The molecule has 2 amide bonds. The van der Waals surface area contributed by atoms with Gasteiger partial charge in [-0.1, -0.05) is 48.3 Å². The first kappa shape index (κ1) is 30.5. The van der Waals surface area contributed by atoms with Crippen molar-refractivity contribution in [3.05, 3.63) is 61.9 Å². The third-order valence-corrected chi connectivity index (χ3v) is 9.33. The molecule has 1 aliphatic rings. The lowest BCUT2D eigenvalue weighted by Crippen LogP contribution is -2.49. The van der Waals surface area contributed by atoms with E-state index in [2.05, 4.69) is 15.9 Å². The summed E-state index contributed by atoms with van der Waals surface area (Å²) in [4.78, 5) is 29.4. The van der Waals surface area contributed by atoms with Crippen molar-refractivity contribution >= 4 is 61.0 Å². The predicted molar refractivity (Wildman–Crippen MR) is 158 cm³/mol. The number of ether oxygens (including phenoxy) is 1. The molecule has 1 aromatic heterocycles. The fraction of sp³-hybridized carbons (Fsp3) is 0.448. The van der Waals surface area contributed by atoms with Gasteiger partial charge in [0.25, 0.3) is 5.91 Å². The smallest absolute Gasteiger partial charge is 0.407 e. The van der Waals surface area contributed by atoms with E-state index < -0.39 is 23.6 Å². The van der Waals surface area contributed by atoms with Crippen molar-refractivity contribution in [3.63, 3.8) is 0 Å². The minimum absolute atomic E-state index is 0.00340. The van der Waals surface area contributed by atoms with Crippen molar-refractivity contribution in [1.29, 1.82) is 0 Å². The van der Waals surface area contributed by atoms with Crippen LogP contribution in [-0.4, -0.2) is 52.6 Å². The van der Waals surface area contributed by atoms with Crippen molar-refractivity contribution in [2.24, 2.45) is 5.41 Å². The Morgan fingerprint density at radius 3 is 2.23 bits per heavy atom. The zero-order valence-electron chi connectivity index (χ0n) is 22.8. The van der Waals surface area contributed by atoms with E-state index in [4.69, 9.17) is 16.3 Å². The van der Waals surface area contributed by atoms with Crippen molar-refractivity contribution in [2.75, 3.05) is 13.7 Å². The van der Waals surface area contributed by atoms with Crippen LogP contribution in [0.5, 0.6) is 5.75 Å². The van der Waals surface area contributed by atoms with Gasteiger partial charge in [0.1, 0.15) is 22.3 Å². The van der Waals surface area contributed by atoms with Crippen LogP contribution in [-0.2, 0) is 6.54 Å². The number of nitrogens with zero attached hydrogens (tertiary/aromatic N) is 2. The highest BCUT2D eigenvalue weighted by Gasteiger charge is 2.36. The molecule has 3 aromatic rings. The standard InChI is InChI=1S/C29H32BrClF2N2O4S/c1-29(2,3)15-35(28(37)38)19-8-6-18(7-9-19)34(14-16-13-17(30)5-12-22(16)39-4)27(36)26-24(31)23-20(32)10-11-21(33)25(23)40-26/h5,10-13,18-19H,6-9,14-15H2,1-4H3,(H,37,38). The summed E-state index contributed by atoms with van der Waals surface area (Å²) < 4.78 is 35.5. The van der Waals surface area contributed by atoms with Gasteiger partial charge in [-0.3, -0.25) is 4.79 Å². The van der Waals surface area contributed by atoms with Crippen molar-refractivity contribution in [2.45, 2.75) is 65.1 Å². The lowest BCUT2D eigenvalue weighted by atomic mass is 9.87. The van der Waals surface area contributed by atoms with Crippen LogP contribution in [0.3, 0.4) is 0 Å². The normalized spacial score (nSPS) is 17.6. The second-order valence-corrected chi connectivity index (χ2v) is 13.6. The summed E-state index contributed by atoms with van der Waals surface area (Å²) in [6.45, 7) is 6.59. The van der Waals surface area contributed by atoms with E-state index in [0.717, 1.165) is 33.5 Å². The first-order valence-electron chi connectivity index (χ1n) is 13.0. The highest BCUT2D eigenvalue weighted by molar-refractivity contribution is 9.10. The van der Waals surface area contributed by atoms with E-state index >= 15 is 0 Å². The van der Waals surface area contributed by atoms with Gasteiger partial charge in [0.15, 0.2) is 0 Å². The number of carbonyl (C=O) groups excluding carboxylic acids is 1. The number of hydrogen-bond acceptors (Lipinski definition) is 4. The van der Waals surface area contributed by atoms with Crippen LogP contribution >= 0.6 is 38.9 Å². The summed E-state index contributed by atoms with van der Waals surface area (Å²) in [6.07, 6.45) is 1.33. The van der Waals surface area contributed by atoms with Gasteiger partial charge < -0.3 is 19.6 Å². The predicted octanol–water partition coefficient (Wildman–Crippen LogP) is 8.58. The molecule has 0 unspecified atom stereocenters. The molecule has 40 heavy (non-hydrogen) atoms. The van der Waals surface area contributed by atoms with Crippen LogP contribution in [0.25, 0.3) is 10.1 Å². The molecule has 0 aliphatic heterocycles.